The lowest BCUT2D eigenvalue weighted by Gasteiger charge is -2.33. The van der Waals surface area contributed by atoms with Gasteiger partial charge in [-0.3, -0.25) is 9.59 Å². The van der Waals surface area contributed by atoms with E-state index >= 15 is 0 Å². The summed E-state index contributed by atoms with van der Waals surface area (Å²) < 4.78 is 11.4. The fourth-order valence-electron chi connectivity index (χ4n) is 6.11. The lowest BCUT2D eigenvalue weighted by Crippen LogP contribution is -2.52. The number of hydrogen-bond acceptors (Lipinski definition) is 6. The highest BCUT2D eigenvalue weighted by atomic mass is 16.5. The molecular formula is C42H47N5O5. The molecule has 52 heavy (non-hydrogen) atoms. The lowest BCUT2D eigenvalue weighted by molar-refractivity contribution is -0.138. The summed E-state index contributed by atoms with van der Waals surface area (Å²) in [5, 5.41) is 5.87. The molecule has 0 unspecified atom stereocenters. The summed E-state index contributed by atoms with van der Waals surface area (Å²) in [6.07, 6.45) is 4.14. The van der Waals surface area contributed by atoms with Crippen LogP contribution in [-0.4, -0.2) is 51.9 Å². The molecule has 5 rings (SSSR count). The molecule has 1 aromatic heterocycles. The van der Waals surface area contributed by atoms with Crippen LogP contribution in [0.25, 0.3) is 0 Å². The molecule has 0 aliphatic heterocycles. The number of amides is 3. The number of aromatic nitrogens is 2. The molecule has 1 atom stereocenters. The van der Waals surface area contributed by atoms with Crippen LogP contribution in [0.5, 0.6) is 5.75 Å². The fraction of sp³-hybridized carbons (Fsp3) is 0.286. The third-order valence-electron chi connectivity index (χ3n) is 9.34. The van der Waals surface area contributed by atoms with Crippen molar-refractivity contribution in [2.45, 2.75) is 64.3 Å². The molecular weight excluding hydrogens is 654 g/mol. The maximum absolute atomic E-state index is 14.4. The molecule has 270 valence electrons. The summed E-state index contributed by atoms with van der Waals surface area (Å²) >= 11 is 0. The predicted octanol–water partition coefficient (Wildman–Crippen LogP) is 6.73. The van der Waals surface area contributed by atoms with E-state index in [9.17, 15) is 14.4 Å². The lowest BCUT2D eigenvalue weighted by atomic mass is 9.76. The Bertz CT molecular complexity index is 1810. The predicted molar refractivity (Wildman–Crippen MR) is 200 cm³/mol. The molecule has 0 aliphatic rings. The van der Waals surface area contributed by atoms with Crippen molar-refractivity contribution in [1.82, 2.24) is 25.5 Å². The first-order valence-electron chi connectivity index (χ1n) is 17.7. The van der Waals surface area contributed by atoms with Crippen LogP contribution in [0.2, 0.25) is 0 Å². The van der Waals surface area contributed by atoms with Gasteiger partial charge in [-0.25, -0.2) is 9.78 Å². The Kier molecular flexibility index (Phi) is 13.6. The topological polar surface area (TPSA) is 126 Å². The first-order chi connectivity index (χ1) is 25.4. The van der Waals surface area contributed by atoms with Crippen molar-refractivity contribution in [3.05, 3.63) is 156 Å². The summed E-state index contributed by atoms with van der Waals surface area (Å²) in [5.41, 5.74) is 4.20. The van der Waals surface area contributed by atoms with Crippen LogP contribution in [0.3, 0.4) is 0 Å². The minimum Gasteiger partial charge on any atom is -0.489 e. The van der Waals surface area contributed by atoms with Crippen LogP contribution < -0.4 is 15.4 Å². The molecule has 4 aromatic carbocycles. The summed E-state index contributed by atoms with van der Waals surface area (Å²) in [6.45, 7) is 5.02. The van der Waals surface area contributed by atoms with Crippen molar-refractivity contribution >= 4 is 17.9 Å². The number of carbonyl (C=O) groups is 3. The van der Waals surface area contributed by atoms with Gasteiger partial charge in [0.05, 0.1) is 12.9 Å². The number of benzene rings is 4. The highest BCUT2D eigenvalue weighted by molar-refractivity contribution is 5.89. The molecule has 0 saturated heterocycles. The third kappa shape index (κ3) is 10.8. The van der Waals surface area contributed by atoms with Crippen molar-refractivity contribution < 1.29 is 23.9 Å². The van der Waals surface area contributed by atoms with E-state index in [2.05, 4.69) is 46.6 Å². The van der Waals surface area contributed by atoms with E-state index in [1.54, 1.807) is 6.20 Å². The van der Waals surface area contributed by atoms with E-state index < -0.39 is 18.0 Å². The van der Waals surface area contributed by atoms with Gasteiger partial charge in [0.1, 0.15) is 25.0 Å². The van der Waals surface area contributed by atoms with Crippen LogP contribution in [-0.2, 0) is 45.9 Å². The van der Waals surface area contributed by atoms with Gasteiger partial charge >= 0.3 is 6.09 Å². The average molecular weight is 702 g/mol. The first kappa shape index (κ1) is 37.4. The zero-order valence-electron chi connectivity index (χ0n) is 29.8. The molecule has 0 bridgehead atoms. The highest BCUT2D eigenvalue weighted by Gasteiger charge is 2.31. The number of ether oxygens (including phenoxy) is 2. The molecule has 0 saturated carbocycles. The highest BCUT2D eigenvalue weighted by Crippen LogP contribution is 2.31. The molecule has 0 aliphatic carbocycles. The standard InChI is InChI=1S/C42H47N5O5/c1-3-42(4-2,35-18-12-7-13-19-35)30-44-39(48)27-47(26-32-20-22-37(23-21-32)51-28-33-14-8-5-9-15-33)40(49)38(24-36-25-43-31-45-36)46-41(50)52-29-34-16-10-6-11-17-34/h5-23,25,31,38H,3-4,24,26-30H2,1-2H3,(H,43,45)(H,44,48)(H,46,50)/t38-/m0/s1. The number of H-pyrrole nitrogens is 1. The number of rotatable bonds is 18. The van der Waals surface area contributed by atoms with Gasteiger partial charge in [-0.05, 0) is 47.2 Å². The first-order valence-corrected chi connectivity index (χ1v) is 17.7. The van der Waals surface area contributed by atoms with Crippen LogP contribution in [0, 0.1) is 0 Å². The van der Waals surface area contributed by atoms with Gasteiger partial charge in [-0.1, -0.05) is 117 Å². The van der Waals surface area contributed by atoms with E-state index in [-0.39, 0.29) is 37.4 Å². The van der Waals surface area contributed by atoms with Crippen LogP contribution in [0.1, 0.15) is 54.6 Å². The van der Waals surface area contributed by atoms with Gasteiger partial charge in [0.15, 0.2) is 0 Å². The molecule has 0 radical (unpaired) electrons. The number of nitrogens with one attached hydrogen (secondary N) is 3. The third-order valence-corrected chi connectivity index (χ3v) is 9.34. The quantitative estimate of drug-likeness (QED) is 0.0931. The monoisotopic (exact) mass is 701 g/mol. The van der Waals surface area contributed by atoms with Crippen LogP contribution >= 0.6 is 0 Å². The van der Waals surface area contributed by atoms with E-state index in [0.717, 1.165) is 35.1 Å². The van der Waals surface area contributed by atoms with Gasteiger partial charge in [-0.2, -0.15) is 0 Å². The zero-order valence-corrected chi connectivity index (χ0v) is 29.8. The number of aromatic amines is 1. The second kappa shape index (κ2) is 18.9. The molecule has 0 fully saturated rings. The summed E-state index contributed by atoms with van der Waals surface area (Å²) in [5.74, 6) is -0.0593. The Morgan fingerprint density at radius 3 is 2.00 bits per heavy atom. The second-order valence-corrected chi connectivity index (χ2v) is 12.8. The largest absolute Gasteiger partial charge is 0.489 e. The van der Waals surface area contributed by atoms with Gasteiger partial charge in [0.25, 0.3) is 0 Å². The number of alkyl carbamates (subject to hydrolysis) is 1. The van der Waals surface area contributed by atoms with Crippen LogP contribution in [0.4, 0.5) is 4.79 Å². The number of imidazole rings is 1. The fourth-order valence-corrected chi connectivity index (χ4v) is 6.11. The summed E-state index contributed by atoms with van der Waals surface area (Å²) in [6, 6.07) is 35.8. The molecule has 10 heteroatoms. The molecule has 3 N–H and O–H groups in total. The van der Waals surface area contributed by atoms with E-state index in [4.69, 9.17) is 9.47 Å². The Morgan fingerprint density at radius 1 is 0.788 bits per heavy atom. The second-order valence-electron chi connectivity index (χ2n) is 12.8. The molecule has 5 aromatic rings. The zero-order chi connectivity index (χ0) is 36.6. The van der Waals surface area contributed by atoms with Crippen molar-refractivity contribution in [2.24, 2.45) is 0 Å². The van der Waals surface area contributed by atoms with Gasteiger partial charge in [-0.15, -0.1) is 0 Å². The minimum atomic E-state index is -1.04. The van der Waals surface area contributed by atoms with Gasteiger partial charge in [0, 0.05) is 36.8 Å². The Labute approximate surface area is 305 Å². The number of nitrogens with zero attached hydrogens (tertiary/aromatic N) is 2. The minimum absolute atomic E-state index is 0.0421. The normalized spacial score (nSPS) is 11.7. The van der Waals surface area contributed by atoms with Crippen molar-refractivity contribution in [1.29, 1.82) is 0 Å². The molecule has 1 heterocycles. The van der Waals surface area contributed by atoms with E-state index in [1.807, 2.05) is 103 Å². The maximum Gasteiger partial charge on any atom is 0.408 e. The van der Waals surface area contributed by atoms with E-state index in [0.29, 0.717) is 24.6 Å². The summed E-state index contributed by atoms with van der Waals surface area (Å²) in [7, 11) is 0. The van der Waals surface area contributed by atoms with Crippen molar-refractivity contribution in [3.63, 3.8) is 0 Å². The Morgan fingerprint density at radius 2 is 1.40 bits per heavy atom. The number of carbonyl (C=O) groups excluding carboxylic acids is 3. The average Bonchev–Trinajstić information content (AvgIpc) is 3.71. The SMILES string of the molecule is CCC(CC)(CNC(=O)CN(Cc1ccc(OCc2ccccc2)cc1)C(=O)[C@H](Cc1cnc[nH]1)NC(=O)OCc1ccccc1)c1ccccc1. The number of hydrogen-bond donors (Lipinski definition) is 3. The maximum atomic E-state index is 14.4. The van der Waals surface area contributed by atoms with Crippen molar-refractivity contribution in [2.75, 3.05) is 13.1 Å². The molecule has 0 spiro atoms. The molecule has 10 nitrogen and oxygen atoms in total. The van der Waals surface area contributed by atoms with Gasteiger partial charge in [0.2, 0.25) is 11.8 Å². The van der Waals surface area contributed by atoms with E-state index in [1.165, 1.54) is 11.2 Å². The Balaban J connectivity index is 1.33. The Hall–Kier alpha value is -5.90. The van der Waals surface area contributed by atoms with Crippen molar-refractivity contribution in [3.8, 4) is 5.75 Å². The van der Waals surface area contributed by atoms with Gasteiger partial charge < -0.3 is 30.0 Å². The molecule has 3 amide bonds. The summed E-state index contributed by atoms with van der Waals surface area (Å²) in [4.78, 5) is 49.7. The van der Waals surface area contributed by atoms with Crippen LogP contribution in [0.15, 0.2) is 128 Å². The smallest absolute Gasteiger partial charge is 0.408 e.